The molecule has 0 fully saturated rings. The number of carbonyl (C=O) groups is 1. The van der Waals surface area contributed by atoms with Crippen molar-refractivity contribution in [3.05, 3.63) is 47.0 Å². The minimum atomic E-state index is -0.672. The number of aryl methyl sites for hydroxylation is 2. The van der Waals surface area contributed by atoms with Crippen LogP contribution in [0.15, 0.2) is 35.4 Å². The van der Waals surface area contributed by atoms with Crippen molar-refractivity contribution in [1.29, 1.82) is 0 Å². The van der Waals surface area contributed by atoms with Crippen LogP contribution >= 0.6 is 0 Å². The minimum Gasteiger partial charge on any atom is -0.354 e. The first-order chi connectivity index (χ1) is 10.1. The van der Waals surface area contributed by atoms with Crippen LogP contribution in [0, 0.1) is 13.8 Å². The quantitative estimate of drug-likeness (QED) is 0.489. The molecule has 0 aliphatic carbocycles. The van der Waals surface area contributed by atoms with Gasteiger partial charge in [-0.3, -0.25) is 0 Å². The Hall–Kier alpha value is -2.82. The Kier molecular flexibility index (Phi) is 3.10. The molecule has 0 radical (unpaired) electrons. The number of aromatic amines is 1. The number of aromatic nitrogens is 1. The highest BCUT2D eigenvalue weighted by atomic mass is 16.2. The van der Waals surface area contributed by atoms with Crippen LogP contribution in [0.2, 0.25) is 0 Å². The molecule has 21 heavy (non-hydrogen) atoms. The van der Waals surface area contributed by atoms with Crippen LogP contribution in [0.4, 0.5) is 4.79 Å². The zero-order chi connectivity index (χ0) is 15.0. The second kappa shape index (κ2) is 4.94. The van der Waals surface area contributed by atoms with Crippen LogP contribution in [0.1, 0.15) is 16.7 Å². The second-order valence-corrected chi connectivity index (χ2v) is 5.06. The Labute approximate surface area is 121 Å². The number of amides is 2. The van der Waals surface area contributed by atoms with Gasteiger partial charge in [-0.15, -0.1) is 0 Å². The predicted molar refractivity (Wildman–Crippen MR) is 85.6 cm³/mol. The number of fused-ring (bicyclic) bond motifs is 3. The third-order valence-electron chi connectivity index (χ3n) is 3.66. The molecule has 0 spiro atoms. The number of nitrogens with zero attached hydrogens (tertiary/aromatic N) is 1. The maximum atomic E-state index is 10.7. The number of rotatable bonds is 2. The van der Waals surface area contributed by atoms with Crippen LogP contribution in [0.3, 0.4) is 0 Å². The van der Waals surface area contributed by atoms with Crippen molar-refractivity contribution in [2.45, 2.75) is 13.8 Å². The first-order valence-corrected chi connectivity index (χ1v) is 6.67. The summed E-state index contributed by atoms with van der Waals surface area (Å²) in [6.45, 7) is 4.10. The Balaban J connectivity index is 2.24. The van der Waals surface area contributed by atoms with Crippen molar-refractivity contribution in [1.82, 2.24) is 10.4 Å². The van der Waals surface area contributed by atoms with Gasteiger partial charge in [0.25, 0.3) is 0 Å². The molecule has 2 aromatic carbocycles. The molecule has 5 nitrogen and oxygen atoms in total. The van der Waals surface area contributed by atoms with E-state index in [-0.39, 0.29) is 0 Å². The summed E-state index contributed by atoms with van der Waals surface area (Å²) in [5.41, 5.74) is 12.7. The highest BCUT2D eigenvalue weighted by Gasteiger charge is 2.11. The van der Waals surface area contributed by atoms with E-state index in [9.17, 15) is 4.79 Å². The van der Waals surface area contributed by atoms with Crippen molar-refractivity contribution < 1.29 is 4.79 Å². The van der Waals surface area contributed by atoms with Gasteiger partial charge in [0.15, 0.2) is 0 Å². The largest absolute Gasteiger partial charge is 0.354 e. The molecule has 0 atom stereocenters. The highest BCUT2D eigenvalue weighted by Crippen LogP contribution is 2.31. The number of benzene rings is 2. The van der Waals surface area contributed by atoms with Gasteiger partial charge < -0.3 is 10.7 Å². The molecule has 0 saturated carbocycles. The number of hydrogen-bond acceptors (Lipinski definition) is 2. The van der Waals surface area contributed by atoms with E-state index in [0.29, 0.717) is 0 Å². The molecular weight excluding hydrogens is 264 g/mol. The van der Waals surface area contributed by atoms with Crippen LogP contribution in [-0.2, 0) is 0 Å². The number of para-hydroxylation sites is 1. The molecule has 4 N–H and O–H groups in total. The summed E-state index contributed by atoms with van der Waals surface area (Å²) in [6, 6.07) is 9.58. The first-order valence-electron chi connectivity index (χ1n) is 6.67. The molecule has 0 bridgehead atoms. The Morgan fingerprint density at radius 2 is 2.10 bits per heavy atom. The van der Waals surface area contributed by atoms with Gasteiger partial charge in [0.1, 0.15) is 0 Å². The van der Waals surface area contributed by atoms with E-state index >= 15 is 0 Å². The van der Waals surface area contributed by atoms with E-state index < -0.39 is 6.03 Å². The predicted octanol–water partition coefficient (Wildman–Crippen LogP) is 2.94. The summed E-state index contributed by atoms with van der Waals surface area (Å²) in [4.78, 5) is 14.1. The number of nitrogens with one attached hydrogen (secondary N) is 2. The standard InChI is InChI=1S/C16H16N4O/c1-9-7-11(8-18-20-16(17)21)10(2)14-12-5-3-4-6-13(12)19-15(9)14/h3-8,19H,1-2H3,(H3,17,20,21). The molecule has 106 valence electrons. The lowest BCUT2D eigenvalue weighted by Crippen LogP contribution is -2.24. The van der Waals surface area contributed by atoms with E-state index in [2.05, 4.69) is 34.6 Å². The third-order valence-corrected chi connectivity index (χ3v) is 3.66. The van der Waals surface area contributed by atoms with Gasteiger partial charge >= 0.3 is 6.03 Å². The van der Waals surface area contributed by atoms with Crippen LogP contribution in [-0.4, -0.2) is 17.2 Å². The smallest absolute Gasteiger partial charge is 0.332 e. The summed E-state index contributed by atoms with van der Waals surface area (Å²) in [5.74, 6) is 0. The number of hydrogen-bond donors (Lipinski definition) is 3. The summed E-state index contributed by atoms with van der Waals surface area (Å²) >= 11 is 0. The van der Waals surface area contributed by atoms with Crippen molar-refractivity contribution in [2.24, 2.45) is 10.8 Å². The van der Waals surface area contributed by atoms with Crippen molar-refractivity contribution >= 4 is 34.1 Å². The lowest BCUT2D eigenvalue weighted by molar-refractivity contribution is 0.249. The van der Waals surface area contributed by atoms with Gasteiger partial charge in [0, 0.05) is 21.8 Å². The molecule has 2 amide bonds. The minimum absolute atomic E-state index is 0.672. The number of nitrogens with two attached hydrogens (primary N) is 1. The van der Waals surface area contributed by atoms with E-state index in [1.54, 1.807) is 6.21 Å². The fourth-order valence-corrected chi connectivity index (χ4v) is 2.68. The number of primary amides is 1. The van der Waals surface area contributed by atoms with Crippen LogP contribution in [0.25, 0.3) is 21.8 Å². The molecule has 3 aromatic rings. The first kappa shape index (κ1) is 13.2. The van der Waals surface area contributed by atoms with Gasteiger partial charge in [-0.1, -0.05) is 18.2 Å². The van der Waals surface area contributed by atoms with Gasteiger partial charge in [-0.25, -0.2) is 10.2 Å². The monoisotopic (exact) mass is 280 g/mol. The van der Waals surface area contributed by atoms with Crippen molar-refractivity contribution in [3.8, 4) is 0 Å². The summed E-state index contributed by atoms with van der Waals surface area (Å²) in [7, 11) is 0. The van der Waals surface area contributed by atoms with Crippen molar-refractivity contribution in [2.75, 3.05) is 0 Å². The van der Waals surface area contributed by atoms with Gasteiger partial charge in [-0.2, -0.15) is 5.10 Å². The molecule has 1 aromatic heterocycles. The Bertz CT molecular complexity index is 877. The maximum absolute atomic E-state index is 10.7. The average Bonchev–Trinajstić information content (AvgIpc) is 2.84. The van der Waals surface area contributed by atoms with E-state index in [1.165, 1.54) is 10.8 Å². The molecule has 0 aliphatic rings. The molecule has 3 rings (SSSR count). The molecule has 0 unspecified atom stereocenters. The SMILES string of the molecule is Cc1cc(C=NNC(N)=O)c(C)c2c1[nH]c1ccccc12. The van der Waals surface area contributed by atoms with Crippen molar-refractivity contribution in [3.63, 3.8) is 0 Å². The number of hydrazone groups is 1. The molecule has 0 saturated heterocycles. The zero-order valence-corrected chi connectivity index (χ0v) is 11.9. The van der Waals surface area contributed by atoms with E-state index in [1.807, 2.05) is 25.1 Å². The fourth-order valence-electron chi connectivity index (χ4n) is 2.68. The van der Waals surface area contributed by atoms with Crippen LogP contribution < -0.4 is 11.2 Å². The molecule has 0 aliphatic heterocycles. The topological polar surface area (TPSA) is 83.3 Å². The van der Waals surface area contributed by atoms with E-state index in [4.69, 9.17) is 5.73 Å². The summed E-state index contributed by atoms with van der Waals surface area (Å²) in [5, 5.41) is 6.23. The lowest BCUT2D eigenvalue weighted by Gasteiger charge is -2.06. The highest BCUT2D eigenvalue weighted by molar-refractivity contribution is 6.11. The van der Waals surface area contributed by atoms with Gasteiger partial charge in [-0.05, 0) is 42.7 Å². The average molecular weight is 280 g/mol. The number of urea groups is 1. The molecule has 5 heteroatoms. The van der Waals surface area contributed by atoms with E-state index in [0.717, 1.165) is 27.7 Å². The maximum Gasteiger partial charge on any atom is 0.332 e. The summed E-state index contributed by atoms with van der Waals surface area (Å²) in [6.07, 6.45) is 1.62. The third kappa shape index (κ3) is 2.23. The fraction of sp³-hybridized carbons (Fsp3) is 0.125. The van der Waals surface area contributed by atoms with Gasteiger partial charge in [0.2, 0.25) is 0 Å². The molecule has 1 heterocycles. The van der Waals surface area contributed by atoms with Gasteiger partial charge in [0.05, 0.1) is 6.21 Å². The number of H-pyrrole nitrogens is 1. The Morgan fingerprint density at radius 1 is 1.33 bits per heavy atom. The second-order valence-electron chi connectivity index (χ2n) is 5.06. The normalized spacial score (nSPS) is 11.5. The lowest BCUT2D eigenvalue weighted by atomic mass is 9.99. The number of carbonyl (C=O) groups excluding carboxylic acids is 1. The Morgan fingerprint density at radius 3 is 2.86 bits per heavy atom. The molecular formula is C16H16N4O. The zero-order valence-electron chi connectivity index (χ0n) is 11.9. The summed E-state index contributed by atoms with van der Waals surface area (Å²) < 4.78 is 0. The van der Waals surface area contributed by atoms with Crippen LogP contribution in [0.5, 0.6) is 0 Å².